The van der Waals surface area contributed by atoms with Gasteiger partial charge in [0.05, 0.1) is 6.61 Å². The molecule has 2 heterocycles. The lowest BCUT2D eigenvalue weighted by Crippen LogP contribution is -2.34. The molecular formula is C19H30N2O. The van der Waals surface area contributed by atoms with E-state index in [0.717, 1.165) is 63.3 Å². The summed E-state index contributed by atoms with van der Waals surface area (Å²) in [5.41, 5.74) is 2.95. The van der Waals surface area contributed by atoms with E-state index in [1.807, 2.05) is 0 Å². The molecule has 3 heteroatoms. The predicted molar refractivity (Wildman–Crippen MR) is 91.7 cm³/mol. The highest BCUT2D eigenvalue weighted by Crippen LogP contribution is 2.24. The fourth-order valence-electron chi connectivity index (χ4n) is 3.87. The Morgan fingerprint density at radius 3 is 2.59 bits per heavy atom. The van der Waals surface area contributed by atoms with Gasteiger partial charge in [-0.2, -0.15) is 0 Å². The van der Waals surface area contributed by atoms with Crippen molar-refractivity contribution in [2.24, 2.45) is 0 Å². The van der Waals surface area contributed by atoms with Crippen molar-refractivity contribution >= 4 is 0 Å². The maximum absolute atomic E-state index is 6.00. The fourth-order valence-corrected chi connectivity index (χ4v) is 3.87. The first kappa shape index (κ1) is 15.8. The summed E-state index contributed by atoms with van der Waals surface area (Å²) in [5, 5.41) is 3.46. The highest BCUT2D eigenvalue weighted by molar-refractivity contribution is 5.36. The van der Waals surface area contributed by atoms with Crippen molar-refractivity contribution < 1.29 is 4.74 Å². The maximum Gasteiger partial charge on any atom is 0.119 e. The molecule has 2 aliphatic rings. The van der Waals surface area contributed by atoms with Crippen LogP contribution >= 0.6 is 0 Å². The minimum atomic E-state index is 0.745. The average Bonchev–Trinajstić information content (AvgIpc) is 2.73. The molecule has 1 fully saturated rings. The van der Waals surface area contributed by atoms with Crippen molar-refractivity contribution in [2.45, 2.75) is 58.0 Å². The van der Waals surface area contributed by atoms with E-state index < -0.39 is 0 Å². The fraction of sp³-hybridized carbons (Fsp3) is 0.684. The zero-order chi connectivity index (χ0) is 15.4. The molecule has 2 unspecified atom stereocenters. The minimum absolute atomic E-state index is 0.745. The number of nitrogens with one attached hydrogen (secondary N) is 1. The van der Waals surface area contributed by atoms with Crippen LogP contribution in [0.25, 0.3) is 0 Å². The van der Waals surface area contributed by atoms with E-state index in [-0.39, 0.29) is 0 Å². The first-order chi connectivity index (χ1) is 10.7. The summed E-state index contributed by atoms with van der Waals surface area (Å²) >= 11 is 0. The number of hydrogen-bond donors (Lipinski definition) is 1. The van der Waals surface area contributed by atoms with E-state index in [1.165, 1.54) is 24.0 Å². The Bertz CT molecular complexity index is 478. The van der Waals surface area contributed by atoms with E-state index in [9.17, 15) is 0 Å². The van der Waals surface area contributed by atoms with Gasteiger partial charge in [-0.1, -0.05) is 6.07 Å². The van der Waals surface area contributed by atoms with E-state index in [0.29, 0.717) is 0 Å². The van der Waals surface area contributed by atoms with Gasteiger partial charge in [-0.25, -0.2) is 0 Å². The Morgan fingerprint density at radius 2 is 1.82 bits per heavy atom. The molecule has 1 aromatic rings. The summed E-state index contributed by atoms with van der Waals surface area (Å²) in [7, 11) is 0. The van der Waals surface area contributed by atoms with Crippen LogP contribution in [0.2, 0.25) is 0 Å². The Morgan fingerprint density at radius 1 is 1.09 bits per heavy atom. The smallest absolute Gasteiger partial charge is 0.119 e. The minimum Gasteiger partial charge on any atom is -0.494 e. The normalized spacial score (nSPS) is 25.7. The van der Waals surface area contributed by atoms with Crippen LogP contribution in [0.15, 0.2) is 18.2 Å². The Kier molecular flexibility index (Phi) is 5.37. The third kappa shape index (κ3) is 3.82. The third-order valence-electron chi connectivity index (χ3n) is 5.28. The van der Waals surface area contributed by atoms with Gasteiger partial charge in [-0.15, -0.1) is 0 Å². The van der Waals surface area contributed by atoms with Crippen molar-refractivity contribution in [1.29, 1.82) is 0 Å². The molecule has 22 heavy (non-hydrogen) atoms. The van der Waals surface area contributed by atoms with E-state index in [4.69, 9.17) is 4.74 Å². The Labute approximate surface area is 135 Å². The van der Waals surface area contributed by atoms with Crippen LogP contribution in [0.1, 0.15) is 44.2 Å². The molecule has 0 bridgehead atoms. The standard InChI is InChI=1S/C19H30N2O/c1-15-4-5-16(2)21(15)12-3-13-22-19-7-6-17-8-10-20-11-9-18(17)14-19/h6-7,14-16,20H,3-5,8-13H2,1-2H3. The van der Waals surface area contributed by atoms with E-state index in [2.05, 4.69) is 42.3 Å². The zero-order valence-electron chi connectivity index (χ0n) is 14.1. The molecule has 2 atom stereocenters. The van der Waals surface area contributed by atoms with Gasteiger partial charge in [0, 0.05) is 18.6 Å². The highest BCUT2D eigenvalue weighted by Gasteiger charge is 2.26. The third-order valence-corrected chi connectivity index (χ3v) is 5.28. The summed E-state index contributed by atoms with van der Waals surface area (Å²) < 4.78 is 6.00. The van der Waals surface area contributed by atoms with Gasteiger partial charge in [-0.05, 0) is 82.3 Å². The quantitative estimate of drug-likeness (QED) is 0.846. The summed E-state index contributed by atoms with van der Waals surface area (Å²) in [5.74, 6) is 1.04. The lowest BCUT2D eigenvalue weighted by atomic mass is 10.0. The van der Waals surface area contributed by atoms with Crippen LogP contribution < -0.4 is 10.1 Å². The lowest BCUT2D eigenvalue weighted by Gasteiger charge is -2.25. The SMILES string of the molecule is CC1CCC(C)N1CCCOc1ccc2c(c1)CCNCC2. The first-order valence-corrected chi connectivity index (χ1v) is 8.95. The van der Waals surface area contributed by atoms with Crippen LogP contribution in [-0.2, 0) is 12.8 Å². The molecule has 3 rings (SSSR count). The number of rotatable bonds is 5. The molecule has 0 aromatic heterocycles. The highest BCUT2D eigenvalue weighted by atomic mass is 16.5. The summed E-state index contributed by atoms with van der Waals surface area (Å²) in [6.07, 6.45) is 6.07. The monoisotopic (exact) mass is 302 g/mol. The molecule has 1 N–H and O–H groups in total. The van der Waals surface area contributed by atoms with Gasteiger partial charge in [-0.3, -0.25) is 4.90 Å². The summed E-state index contributed by atoms with van der Waals surface area (Å²) in [6, 6.07) is 8.14. The van der Waals surface area contributed by atoms with Crippen molar-refractivity contribution in [1.82, 2.24) is 10.2 Å². The van der Waals surface area contributed by atoms with Crippen molar-refractivity contribution in [2.75, 3.05) is 26.2 Å². The number of ether oxygens (including phenoxy) is 1. The second-order valence-electron chi connectivity index (χ2n) is 6.90. The molecule has 1 saturated heterocycles. The van der Waals surface area contributed by atoms with E-state index in [1.54, 1.807) is 0 Å². The summed E-state index contributed by atoms with van der Waals surface area (Å²) in [4.78, 5) is 2.63. The van der Waals surface area contributed by atoms with Crippen LogP contribution in [0.4, 0.5) is 0 Å². The molecule has 3 nitrogen and oxygen atoms in total. The molecule has 0 radical (unpaired) electrons. The molecule has 0 saturated carbocycles. The molecule has 0 amide bonds. The summed E-state index contributed by atoms with van der Waals surface area (Å²) in [6.45, 7) is 8.88. The van der Waals surface area contributed by atoms with Crippen molar-refractivity contribution in [3.05, 3.63) is 29.3 Å². The second-order valence-corrected chi connectivity index (χ2v) is 6.90. The van der Waals surface area contributed by atoms with E-state index >= 15 is 0 Å². The van der Waals surface area contributed by atoms with Gasteiger partial charge in [0.25, 0.3) is 0 Å². The lowest BCUT2D eigenvalue weighted by molar-refractivity contribution is 0.191. The van der Waals surface area contributed by atoms with Gasteiger partial charge < -0.3 is 10.1 Å². The number of fused-ring (bicyclic) bond motifs is 1. The number of benzene rings is 1. The van der Waals surface area contributed by atoms with Crippen LogP contribution in [0, 0.1) is 0 Å². The number of nitrogens with zero attached hydrogens (tertiary/aromatic N) is 1. The Hall–Kier alpha value is -1.06. The molecule has 0 spiro atoms. The molecule has 2 aliphatic heterocycles. The first-order valence-electron chi connectivity index (χ1n) is 8.95. The van der Waals surface area contributed by atoms with Crippen LogP contribution in [0.5, 0.6) is 5.75 Å². The van der Waals surface area contributed by atoms with Gasteiger partial charge >= 0.3 is 0 Å². The van der Waals surface area contributed by atoms with Crippen LogP contribution in [0.3, 0.4) is 0 Å². The van der Waals surface area contributed by atoms with Gasteiger partial charge in [0.15, 0.2) is 0 Å². The van der Waals surface area contributed by atoms with Gasteiger partial charge in [0.2, 0.25) is 0 Å². The van der Waals surface area contributed by atoms with Crippen molar-refractivity contribution in [3.63, 3.8) is 0 Å². The Balaban J connectivity index is 1.46. The van der Waals surface area contributed by atoms with Crippen LogP contribution in [-0.4, -0.2) is 43.2 Å². The molecule has 122 valence electrons. The molecule has 1 aromatic carbocycles. The molecular weight excluding hydrogens is 272 g/mol. The van der Waals surface area contributed by atoms with Crippen molar-refractivity contribution in [3.8, 4) is 5.75 Å². The number of likely N-dealkylation sites (tertiary alicyclic amines) is 1. The predicted octanol–water partition coefficient (Wildman–Crippen LogP) is 3.02. The number of hydrogen-bond acceptors (Lipinski definition) is 3. The largest absolute Gasteiger partial charge is 0.494 e. The maximum atomic E-state index is 6.00. The average molecular weight is 302 g/mol. The second kappa shape index (κ2) is 7.47. The topological polar surface area (TPSA) is 24.5 Å². The van der Waals surface area contributed by atoms with Gasteiger partial charge in [0.1, 0.15) is 5.75 Å². The zero-order valence-corrected chi connectivity index (χ0v) is 14.1. The molecule has 0 aliphatic carbocycles.